The maximum atomic E-state index is 15.3. The van der Waals surface area contributed by atoms with E-state index in [2.05, 4.69) is 42.6 Å². The first-order valence-electron chi connectivity index (χ1n) is 24.0. The molecule has 10 rings (SSSR count). The Kier molecular flexibility index (Phi) is 16.9. The molecule has 5 aromatic carbocycles. The van der Waals surface area contributed by atoms with Gasteiger partial charge in [0, 0.05) is 29.3 Å². The van der Waals surface area contributed by atoms with E-state index in [9.17, 15) is 69.3 Å². The van der Waals surface area contributed by atoms with Gasteiger partial charge < -0.3 is 88.2 Å². The number of phenols is 4. The highest BCUT2D eigenvalue weighted by Crippen LogP contribution is 2.47. The minimum Gasteiger partial charge on any atom is -0.508 e. The molecule has 5 aromatic rings. The molecule has 19 N–H and O–H groups in total. The maximum absolute atomic E-state index is 15.3. The molecule has 5 aliphatic rings. The Balaban J connectivity index is 1.36. The summed E-state index contributed by atoms with van der Waals surface area (Å²) in [6.45, 7) is 0.111. The highest BCUT2D eigenvalue weighted by Gasteiger charge is 2.41. The molecule has 29 heteroatoms. The lowest BCUT2D eigenvalue weighted by atomic mass is 9.89. The third-order valence-electron chi connectivity index (χ3n) is 13.2. The summed E-state index contributed by atoms with van der Waals surface area (Å²) in [6.07, 6.45) is -5.03. The van der Waals surface area contributed by atoms with Crippen LogP contribution in [0.2, 0.25) is 10.0 Å². The monoisotopic (exact) mass is 1140 g/mol. The van der Waals surface area contributed by atoms with Crippen LogP contribution in [-0.4, -0.2) is 121 Å². The van der Waals surface area contributed by atoms with Gasteiger partial charge in [-0.1, -0.05) is 41.4 Å². The first kappa shape index (κ1) is 57.2. The molecular formula is C51H50Cl2N10O17. The Morgan fingerprint density at radius 1 is 0.662 bits per heavy atom. The minimum absolute atomic E-state index is 0.0702. The number of fused-ring (bicyclic) bond motifs is 15. The third kappa shape index (κ3) is 11.9. The molecule has 420 valence electrons. The van der Waals surface area contributed by atoms with Crippen molar-refractivity contribution in [3.05, 3.63) is 117 Å². The molecule has 0 fully saturated rings. The Labute approximate surface area is 461 Å². The van der Waals surface area contributed by atoms with E-state index in [1.807, 2.05) is 0 Å². The maximum Gasteiger partial charge on any atom is 0.330 e. The van der Waals surface area contributed by atoms with E-state index < -0.39 is 159 Å². The number of amides is 7. The van der Waals surface area contributed by atoms with Gasteiger partial charge in [0.1, 0.15) is 71.2 Å². The first-order valence-corrected chi connectivity index (χ1v) is 24.7. The molecule has 0 aromatic heterocycles. The highest BCUT2D eigenvalue weighted by atomic mass is 35.5. The second-order valence-corrected chi connectivity index (χ2v) is 19.3. The number of phenolic OH excluding ortho intramolecular Hbond substituents is 4. The minimum atomic E-state index is -2.19. The number of aromatic hydroxyl groups is 4. The van der Waals surface area contributed by atoms with Crippen LogP contribution in [0.1, 0.15) is 71.0 Å². The molecule has 9 atom stereocenters. The fourth-order valence-corrected chi connectivity index (χ4v) is 9.60. The Morgan fingerprint density at radius 2 is 1.25 bits per heavy atom. The zero-order valence-electron chi connectivity index (χ0n) is 41.4. The molecule has 5 heterocycles. The van der Waals surface area contributed by atoms with Crippen molar-refractivity contribution in [3.8, 4) is 57.1 Å². The number of hydrazine groups is 1. The average molecular weight is 1150 g/mol. The number of nitrogens with one attached hydrogen (secondary N) is 8. The molecule has 27 nitrogen and oxygen atoms in total. The number of benzene rings is 5. The van der Waals surface area contributed by atoms with Crippen LogP contribution < -0.4 is 63.7 Å². The summed E-state index contributed by atoms with van der Waals surface area (Å²) in [5, 5.41) is 95.8. The van der Waals surface area contributed by atoms with E-state index in [0.29, 0.717) is 0 Å². The number of primary amides is 1. The van der Waals surface area contributed by atoms with Crippen molar-refractivity contribution in [2.24, 2.45) is 11.6 Å². The summed E-state index contributed by atoms with van der Waals surface area (Å²) in [6, 6.07) is 0.221. The van der Waals surface area contributed by atoms with Crippen LogP contribution in [0.4, 0.5) is 0 Å². The van der Waals surface area contributed by atoms with E-state index in [-0.39, 0.29) is 56.8 Å². The predicted molar refractivity (Wildman–Crippen MR) is 277 cm³/mol. The predicted octanol–water partition coefficient (Wildman–Crippen LogP) is 0.203. The summed E-state index contributed by atoms with van der Waals surface area (Å²) in [5.41, 5.74) is 5.62. The smallest absolute Gasteiger partial charge is 0.330 e. The Bertz CT molecular complexity index is 3370. The van der Waals surface area contributed by atoms with Crippen LogP contribution in [0.15, 0.2) is 78.9 Å². The number of ether oxygens (including phenoxy) is 2. The molecule has 5 aliphatic heterocycles. The molecule has 11 bridgehead atoms. The summed E-state index contributed by atoms with van der Waals surface area (Å²) >= 11 is 13.5. The zero-order chi connectivity index (χ0) is 58.0. The van der Waals surface area contributed by atoms with Crippen LogP contribution >= 0.6 is 23.2 Å². The van der Waals surface area contributed by atoms with Gasteiger partial charge in [0.25, 0.3) is 0 Å². The largest absolute Gasteiger partial charge is 0.508 e. The number of carbonyl (C=O) groups is 8. The molecule has 0 saturated heterocycles. The van der Waals surface area contributed by atoms with Gasteiger partial charge in [0.2, 0.25) is 47.1 Å². The Morgan fingerprint density at radius 3 is 1.84 bits per heavy atom. The van der Waals surface area contributed by atoms with E-state index in [0.717, 1.165) is 60.7 Å². The molecule has 80 heavy (non-hydrogen) atoms. The summed E-state index contributed by atoms with van der Waals surface area (Å²) in [5.74, 6) is -9.75. The number of nitrogens with two attached hydrogens (primary N) is 2. The second kappa shape index (κ2) is 23.6. The van der Waals surface area contributed by atoms with E-state index in [4.69, 9.17) is 44.3 Å². The fraction of sp³-hybridized carbons (Fsp3) is 0.255. The number of carboxylic acids is 1. The SMILES string of the molecule is CN[C@H](CCNN)C(=O)N[C@H]1C(=O)N[C@@H](CC(N)=O)C(=O)N[C@H]2C(=O)N[C@H]3C(=O)N[C@H](C(=O)N[C@H](C(=O)O)c4cc(O)cc(O)c4-c4cc3ccc4O)[C@H](O)c3ccc(c(Cl)c3)Oc3cc2cc(c3O)Oc2ccc(cc2Cl)[C@H]1O. The number of hydrogen-bond donors (Lipinski definition) is 17. The quantitative estimate of drug-likeness (QED) is 0.0692. The number of aliphatic carboxylic acids is 1. The van der Waals surface area contributed by atoms with E-state index in [1.165, 1.54) is 25.2 Å². The van der Waals surface area contributed by atoms with Crippen LogP contribution in [0, 0.1) is 0 Å². The number of aliphatic hydroxyl groups excluding tert-OH is 2. The van der Waals surface area contributed by atoms with Crippen molar-refractivity contribution in [1.82, 2.24) is 42.6 Å². The molecule has 0 aliphatic carbocycles. The average Bonchev–Trinajstić information content (AvgIpc) is 3.52. The molecule has 7 amide bonds. The molecule has 0 spiro atoms. The number of carboxylic acid groups (broad SMARTS) is 1. The molecular weight excluding hydrogens is 1100 g/mol. The molecule has 0 unspecified atom stereocenters. The summed E-state index contributed by atoms with van der Waals surface area (Å²) in [4.78, 5) is 113. The first-order chi connectivity index (χ1) is 38.0. The lowest BCUT2D eigenvalue weighted by molar-refractivity contribution is -0.143. The van der Waals surface area contributed by atoms with Gasteiger partial charge in [-0.3, -0.25) is 44.8 Å². The standard InChI is InChI=1S/C51H50Cl2N10O17/c1-56-27(8-9-57-55)45(71)62-40-42(68)19-3-6-31(25(52)11-19)79-33-13-21-14-34(44(33)70)80-32-7-4-20(12-26(32)53)43(69)41-50(76)61-39(51(77)78)24-15-22(64)16-30(66)36(24)23-10-18(2-5-29(23)65)37(47(73)63-41)60-48(74)38(21)59-46(72)28(17-35(54)67)58-49(40)75/h2-7,10-16,27-28,37-43,56-57,64-66,68-70H,8-9,17,55H2,1H3,(H2,54,67)(H,58,75)(H,59,72)(H,60,74)(H,61,76)(H,62,71)(H,63,73)(H,77,78)/t27-,28+,37-,38-,39+,40-,41+,42-,43-/m1/s1. The number of carbonyl (C=O) groups excluding carboxylic acids is 7. The Hall–Kier alpha value is -8.96. The van der Waals surface area contributed by atoms with Crippen molar-refractivity contribution in [1.29, 1.82) is 0 Å². The van der Waals surface area contributed by atoms with Gasteiger partial charge in [-0.05, 0) is 90.3 Å². The number of aliphatic hydroxyl groups is 2. The van der Waals surface area contributed by atoms with Crippen LogP contribution in [0.25, 0.3) is 11.1 Å². The lowest BCUT2D eigenvalue weighted by Crippen LogP contribution is -2.59. The van der Waals surface area contributed by atoms with E-state index in [1.54, 1.807) is 0 Å². The van der Waals surface area contributed by atoms with Crippen molar-refractivity contribution in [2.45, 2.75) is 67.3 Å². The van der Waals surface area contributed by atoms with Gasteiger partial charge in [-0.15, -0.1) is 0 Å². The number of halogens is 2. The highest BCUT2D eigenvalue weighted by molar-refractivity contribution is 6.32. The lowest BCUT2D eigenvalue weighted by Gasteiger charge is -2.31. The van der Waals surface area contributed by atoms with Gasteiger partial charge in [0.05, 0.1) is 22.5 Å². The molecule has 0 saturated carbocycles. The second-order valence-electron chi connectivity index (χ2n) is 18.5. The summed E-state index contributed by atoms with van der Waals surface area (Å²) in [7, 11) is 1.44. The number of likely N-dealkylation sites (N-methyl/N-ethyl adjacent to an activating group) is 1. The van der Waals surface area contributed by atoms with Crippen molar-refractivity contribution in [2.75, 3.05) is 13.6 Å². The van der Waals surface area contributed by atoms with Gasteiger partial charge in [0.15, 0.2) is 17.5 Å². The topological polar surface area (TPSA) is 445 Å². The van der Waals surface area contributed by atoms with Crippen LogP contribution in [0.5, 0.6) is 46.0 Å². The van der Waals surface area contributed by atoms with Gasteiger partial charge in [-0.2, -0.15) is 0 Å². The van der Waals surface area contributed by atoms with Gasteiger partial charge >= 0.3 is 5.97 Å². The normalized spacial score (nSPS) is 22.4. The fourth-order valence-electron chi connectivity index (χ4n) is 9.15. The molecule has 0 radical (unpaired) electrons. The van der Waals surface area contributed by atoms with Crippen molar-refractivity contribution < 1.29 is 83.6 Å². The van der Waals surface area contributed by atoms with E-state index >= 15 is 4.79 Å². The van der Waals surface area contributed by atoms with Crippen molar-refractivity contribution in [3.63, 3.8) is 0 Å². The van der Waals surface area contributed by atoms with Crippen LogP contribution in [-0.2, 0) is 38.4 Å². The third-order valence-corrected chi connectivity index (χ3v) is 13.8. The summed E-state index contributed by atoms with van der Waals surface area (Å²) < 4.78 is 12.2. The zero-order valence-corrected chi connectivity index (χ0v) is 43.0. The number of hydrogen-bond acceptors (Lipinski definition) is 19. The number of rotatable bonds is 9. The van der Waals surface area contributed by atoms with Crippen LogP contribution in [0.3, 0.4) is 0 Å². The van der Waals surface area contributed by atoms with Gasteiger partial charge in [-0.25, -0.2) is 4.79 Å². The van der Waals surface area contributed by atoms with Crippen molar-refractivity contribution >= 4 is 70.5 Å².